The third-order valence-corrected chi connectivity index (χ3v) is 5.99. The maximum absolute atomic E-state index is 13.9. The molecule has 0 radical (unpaired) electrons. The van der Waals surface area contributed by atoms with Crippen molar-refractivity contribution in [2.45, 2.75) is 44.8 Å². The summed E-state index contributed by atoms with van der Waals surface area (Å²) in [5, 5.41) is 0. The van der Waals surface area contributed by atoms with E-state index < -0.39 is 12.1 Å². The van der Waals surface area contributed by atoms with Crippen LogP contribution in [0.3, 0.4) is 0 Å². The van der Waals surface area contributed by atoms with Gasteiger partial charge in [0.1, 0.15) is 0 Å². The van der Waals surface area contributed by atoms with Crippen LogP contribution in [0.4, 0.5) is 18.9 Å². The zero-order valence-electron chi connectivity index (χ0n) is 17.6. The van der Waals surface area contributed by atoms with Crippen molar-refractivity contribution in [3.8, 4) is 11.1 Å². The molecule has 31 heavy (non-hydrogen) atoms. The molecule has 4 heteroatoms. The van der Waals surface area contributed by atoms with Crippen LogP contribution in [0.15, 0.2) is 79.4 Å². The van der Waals surface area contributed by atoms with Crippen molar-refractivity contribution in [1.82, 2.24) is 0 Å². The summed E-state index contributed by atoms with van der Waals surface area (Å²) < 4.78 is 41.6. The van der Waals surface area contributed by atoms with Crippen LogP contribution in [0.5, 0.6) is 0 Å². The average Bonchev–Trinajstić information content (AvgIpc) is 2.77. The number of fused-ring (bicyclic) bond motifs is 3. The highest BCUT2D eigenvalue weighted by molar-refractivity contribution is 5.98. The van der Waals surface area contributed by atoms with Crippen molar-refractivity contribution in [1.29, 1.82) is 0 Å². The lowest BCUT2D eigenvalue weighted by Crippen LogP contribution is -2.25. The Morgan fingerprint density at radius 2 is 1.55 bits per heavy atom. The molecule has 0 saturated carbocycles. The molecule has 1 heterocycles. The minimum absolute atomic E-state index is 0.112. The van der Waals surface area contributed by atoms with Crippen molar-refractivity contribution in [2.24, 2.45) is 0 Å². The summed E-state index contributed by atoms with van der Waals surface area (Å²) in [5.41, 5.74) is 5.94. The third kappa shape index (κ3) is 4.25. The third-order valence-electron chi connectivity index (χ3n) is 5.99. The Bertz CT molecular complexity index is 1070. The molecular formula is C27H26F3N. The molecule has 3 aromatic rings. The van der Waals surface area contributed by atoms with Gasteiger partial charge in [-0.25, -0.2) is 0 Å². The van der Waals surface area contributed by atoms with E-state index in [2.05, 4.69) is 11.5 Å². The Hall–Kier alpha value is -3.01. The number of anilines is 1. The van der Waals surface area contributed by atoms with E-state index in [1.165, 1.54) is 0 Å². The first-order chi connectivity index (χ1) is 14.9. The van der Waals surface area contributed by atoms with Crippen LogP contribution in [-0.4, -0.2) is 6.18 Å². The number of unbranched alkanes of at least 4 members (excludes halogenated alkanes) is 1. The van der Waals surface area contributed by atoms with Crippen LogP contribution in [-0.2, 0) is 6.54 Å². The molecule has 4 rings (SSSR count). The first-order valence-electron chi connectivity index (χ1n) is 10.7. The Balaban J connectivity index is 1.82. The average molecular weight is 422 g/mol. The lowest BCUT2D eigenvalue weighted by molar-refractivity contribution is -0.152. The van der Waals surface area contributed by atoms with Gasteiger partial charge in [-0.05, 0) is 35.2 Å². The van der Waals surface area contributed by atoms with Gasteiger partial charge in [-0.2, -0.15) is 13.2 Å². The summed E-state index contributed by atoms with van der Waals surface area (Å²) in [6, 6.07) is 23.1. The number of hydrogen-bond acceptors (Lipinski definition) is 1. The smallest absolute Gasteiger partial charge is 0.336 e. The second kappa shape index (κ2) is 8.62. The molecule has 0 spiro atoms. The SMILES string of the molecule is C=C1c2ccccc2-c2cc(C(CCCC)C(F)(F)F)ccc2N1Cc1ccccc1. The molecule has 1 aliphatic rings. The quantitative estimate of drug-likeness (QED) is 0.388. The van der Waals surface area contributed by atoms with E-state index in [1.807, 2.05) is 67.6 Å². The highest BCUT2D eigenvalue weighted by atomic mass is 19.4. The van der Waals surface area contributed by atoms with E-state index in [0.717, 1.165) is 40.1 Å². The zero-order valence-corrected chi connectivity index (χ0v) is 17.6. The molecule has 0 saturated heterocycles. The molecule has 1 unspecified atom stereocenters. The number of hydrogen-bond donors (Lipinski definition) is 0. The van der Waals surface area contributed by atoms with E-state index >= 15 is 0 Å². The summed E-state index contributed by atoms with van der Waals surface area (Å²) in [5.74, 6) is -1.45. The topological polar surface area (TPSA) is 3.24 Å². The molecule has 0 N–H and O–H groups in total. The fourth-order valence-electron chi connectivity index (χ4n) is 4.36. The predicted molar refractivity (Wildman–Crippen MR) is 122 cm³/mol. The van der Waals surface area contributed by atoms with Crippen LogP contribution in [0.1, 0.15) is 48.8 Å². The molecule has 0 aliphatic carbocycles. The van der Waals surface area contributed by atoms with E-state index in [4.69, 9.17) is 0 Å². The van der Waals surface area contributed by atoms with Gasteiger partial charge >= 0.3 is 6.18 Å². The Kier molecular flexibility index (Phi) is 5.90. The predicted octanol–water partition coefficient (Wildman–Crippen LogP) is 8.18. The standard InChI is InChI=1S/C27H26F3N/c1-3-4-14-25(27(28,29)30)21-15-16-26-24(17-21)23-13-9-8-12-22(23)19(2)31(26)18-20-10-6-5-7-11-20/h5-13,15-17,25H,2-4,14,18H2,1H3. The molecule has 1 nitrogen and oxygen atoms in total. The van der Waals surface area contributed by atoms with E-state index in [1.54, 1.807) is 12.1 Å². The van der Waals surface area contributed by atoms with Crippen molar-refractivity contribution in [3.63, 3.8) is 0 Å². The highest BCUT2D eigenvalue weighted by Gasteiger charge is 2.40. The molecule has 0 fully saturated rings. The largest absolute Gasteiger partial charge is 0.395 e. The van der Waals surface area contributed by atoms with Crippen molar-refractivity contribution < 1.29 is 13.2 Å². The van der Waals surface area contributed by atoms with Crippen molar-refractivity contribution >= 4 is 11.4 Å². The van der Waals surface area contributed by atoms with Crippen LogP contribution < -0.4 is 4.90 Å². The maximum Gasteiger partial charge on any atom is 0.395 e. The van der Waals surface area contributed by atoms with Crippen molar-refractivity contribution in [2.75, 3.05) is 4.90 Å². The highest BCUT2D eigenvalue weighted by Crippen LogP contribution is 2.47. The minimum Gasteiger partial charge on any atom is -0.336 e. The first kappa shape index (κ1) is 21.2. The lowest BCUT2D eigenvalue weighted by atomic mass is 9.86. The van der Waals surface area contributed by atoms with Gasteiger partial charge in [0.2, 0.25) is 0 Å². The second-order valence-electron chi connectivity index (χ2n) is 8.08. The van der Waals surface area contributed by atoms with Gasteiger partial charge in [-0.15, -0.1) is 0 Å². The number of halogens is 3. The number of benzene rings is 3. The van der Waals surface area contributed by atoms with Gasteiger partial charge in [0, 0.05) is 29.1 Å². The number of alkyl halides is 3. The van der Waals surface area contributed by atoms with Gasteiger partial charge in [0.25, 0.3) is 0 Å². The molecule has 3 aromatic carbocycles. The first-order valence-corrected chi connectivity index (χ1v) is 10.7. The molecular weight excluding hydrogens is 395 g/mol. The van der Waals surface area contributed by atoms with Gasteiger partial charge < -0.3 is 4.90 Å². The molecule has 160 valence electrons. The summed E-state index contributed by atoms with van der Waals surface area (Å²) in [6.07, 6.45) is -2.86. The van der Waals surface area contributed by atoms with E-state index in [9.17, 15) is 13.2 Å². The lowest BCUT2D eigenvalue weighted by Gasteiger charge is -2.35. The van der Waals surface area contributed by atoms with E-state index in [0.29, 0.717) is 18.5 Å². The number of rotatable bonds is 6. The summed E-state index contributed by atoms with van der Waals surface area (Å²) in [4.78, 5) is 2.10. The van der Waals surface area contributed by atoms with Gasteiger partial charge in [-0.1, -0.05) is 87.0 Å². The summed E-state index contributed by atoms with van der Waals surface area (Å²) in [7, 11) is 0. The fourth-order valence-corrected chi connectivity index (χ4v) is 4.36. The van der Waals surface area contributed by atoms with Crippen molar-refractivity contribution in [3.05, 3.63) is 96.1 Å². The summed E-state index contributed by atoms with van der Waals surface area (Å²) >= 11 is 0. The Labute approximate surface area is 181 Å². The normalized spacial score (nSPS) is 14.2. The second-order valence-corrected chi connectivity index (χ2v) is 8.08. The van der Waals surface area contributed by atoms with Crippen LogP contribution >= 0.6 is 0 Å². The van der Waals surface area contributed by atoms with Crippen LogP contribution in [0.2, 0.25) is 0 Å². The Morgan fingerprint density at radius 1 is 0.871 bits per heavy atom. The summed E-state index contributed by atoms with van der Waals surface area (Å²) in [6.45, 7) is 6.85. The van der Waals surface area contributed by atoms with Crippen LogP contribution in [0.25, 0.3) is 16.8 Å². The fraction of sp³-hybridized carbons (Fsp3) is 0.259. The molecule has 0 bridgehead atoms. The van der Waals surface area contributed by atoms with Gasteiger partial charge in [0.15, 0.2) is 0 Å². The minimum atomic E-state index is -4.26. The van der Waals surface area contributed by atoms with E-state index in [-0.39, 0.29) is 6.42 Å². The maximum atomic E-state index is 13.9. The monoisotopic (exact) mass is 421 g/mol. The molecule has 1 aliphatic heterocycles. The Morgan fingerprint density at radius 3 is 2.23 bits per heavy atom. The van der Waals surface area contributed by atoms with Crippen LogP contribution in [0, 0.1) is 0 Å². The zero-order chi connectivity index (χ0) is 22.0. The van der Waals surface area contributed by atoms with Gasteiger partial charge in [0.05, 0.1) is 5.92 Å². The molecule has 1 atom stereocenters. The van der Waals surface area contributed by atoms with Gasteiger partial charge in [-0.3, -0.25) is 0 Å². The molecule has 0 amide bonds. The molecule has 0 aromatic heterocycles. The number of nitrogens with zero attached hydrogens (tertiary/aromatic N) is 1.